The molecule has 0 aliphatic heterocycles. The van der Waals surface area contributed by atoms with Gasteiger partial charge in [0.25, 0.3) is 0 Å². The first kappa shape index (κ1) is 18.5. The van der Waals surface area contributed by atoms with Crippen LogP contribution in [0.5, 0.6) is 0 Å². The minimum atomic E-state index is -0.661. The van der Waals surface area contributed by atoms with E-state index in [0.29, 0.717) is 12.3 Å². The molecular weight excluding hydrogens is 236 g/mol. The van der Waals surface area contributed by atoms with Crippen molar-refractivity contribution in [2.24, 2.45) is 17.3 Å². The Morgan fingerprint density at radius 3 is 2.16 bits per heavy atom. The number of carboxylic acid groups (broad SMARTS) is 1. The van der Waals surface area contributed by atoms with Crippen LogP contribution in [0.2, 0.25) is 0 Å². The zero-order valence-corrected chi connectivity index (χ0v) is 13.7. The molecule has 0 amide bonds. The van der Waals surface area contributed by atoms with Crippen molar-refractivity contribution in [3.05, 3.63) is 0 Å². The summed E-state index contributed by atoms with van der Waals surface area (Å²) in [6.07, 6.45) is 8.64. The molecule has 0 aliphatic rings. The first-order chi connectivity index (χ1) is 8.81. The molecule has 2 atom stereocenters. The van der Waals surface area contributed by atoms with Gasteiger partial charge in [0.15, 0.2) is 0 Å². The summed E-state index contributed by atoms with van der Waals surface area (Å²) < 4.78 is 0. The standard InChI is InChI=1S/C17H34O2/c1-6-8-10-14(7-2)13-15(17(3,4)5)11-9-12-16(18)19/h14-15H,6-13H2,1-5H3,(H,18,19). The van der Waals surface area contributed by atoms with E-state index in [1.807, 2.05) is 0 Å². The minimum absolute atomic E-state index is 0.290. The number of unbranched alkanes of at least 4 members (excludes halogenated alkanes) is 1. The maximum Gasteiger partial charge on any atom is 0.303 e. The van der Waals surface area contributed by atoms with Gasteiger partial charge >= 0.3 is 5.97 Å². The Morgan fingerprint density at radius 2 is 1.74 bits per heavy atom. The first-order valence-corrected chi connectivity index (χ1v) is 8.03. The molecule has 0 spiro atoms. The number of rotatable bonds is 10. The monoisotopic (exact) mass is 270 g/mol. The van der Waals surface area contributed by atoms with E-state index in [2.05, 4.69) is 34.6 Å². The van der Waals surface area contributed by atoms with Crippen molar-refractivity contribution in [2.45, 2.75) is 86.0 Å². The van der Waals surface area contributed by atoms with E-state index in [1.54, 1.807) is 0 Å². The summed E-state index contributed by atoms with van der Waals surface area (Å²) in [5.74, 6) is 0.799. The van der Waals surface area contributed by atoms with Gasteiger partial charge in [0.1, 0.15) is 0 Å². The van der Waals surface area contributed by atoms with Gasteiger partial charge in [0, 0.05) is 6.42 Å². The molecule has 0 saturated carbocycles. The van der Waals surface area contributed by atoms with E-state index < -0.39 is 5.97 Å². The van der Waals surface area contributed by atoms with Crippen LogP contribution in [0.3, 0.4) is 0 Å². The fourth-order valence-corrected chi connectivity index (χ4v) is 2.79. The zero-order valence-electron chi connectivity index (χ0n) is 13.7. The summed E-state index contributed by atoms with van der Waals surface area (Å²) in [6.45, 7) is 11.4. The second kappa shape index (κ2) is 9.39. The highest BCUT2D eigenvalue weighted by Gasteiger charge is 2.26. The molecule has 0 aromatic heterocycles. The van der Waals surface area contributed by atoms with E-state index in [0.717, 1.165) is 18.8 Å². The van der Waals surface area contributed by atoms with Crippen molar-refractivity contribution in [1.29, 1.82) is 0 Å². The van der Waals surface area contributed by atoms with Gasteiger partial charge < -0.3 is 5.11 Å². The van der Waals surface area contributed by atoms with Gasteiger partial charge in [-0.15, -0.1) is 0 Å². The fourth-order valence-electron chi connectivity index (χ4n) is 2.79. The van der Waals surface area contributed by atoms with Crippen LogP contribution >= 0.6 is 0 Å². The average molecular weight is 270 g/mol. The van der Waals surface area contributed by atoms with Gasteiger partial charge in [-0.1, -0.05) is 60.3 Å². The molecular formula is C17H34O2. The third-order valence-electron chi connectivity index (χ3n) is 4.33. The molecule has 2 nitrogen and oxygen atoms in total. The molecule has 1 N–H and O–H groups in total. The summed E-state index contributed by atoms with van der Waals surface area (Å²) in [6, 6.07) is 0. The number of aliphatic carboxylic acids is 1. The Labute approximate surface area is 120 Å². The van der Waals surface area contributed by atoms with Crippen molar-refractivity contribution in [2.75, 3.05) is 0 Å². The van der Waals surface area contributed by atoms with Crippen molar-refractivity contribution >= 4 is 5.97 Å². The topological polar surface area (TPSA) is 37.3 Å². The lowest BCUT2D eigenvalue weighted by molar-refractivity contribution is -0.137. The largest absolute Gasteiger partial charge is 0.481 e. The lowest BCUT2D eigenvalue weighted by Gasteiger charge is -2.33. The third kappa shape index (κ3) is 9.07. The van der Waals surface area contributed by atoms with Crippen molar-refractivity contribution < 1.29 is 9.90 Å². The van der Waals surface area contributed by atoms with Crippen molar-refractivity contribution in [1.82, 2.24) is 0 Å². The SMILES string of the molecule is CCCCC(CC)CC(CCCC(=O)O)C(C)(C)C. The van der Waals surface area contributed by atoms with Crippen LogP contribution in [0.15, 0.2) is 0 Å². The van der Waals surface area contributed by atoms with E-state index in [-0.39, 0.29) is 5.41 Å². The predicted molar refractivity (Wildman–Crippen MR) is 82.4 cm³/mol. The molecule has 0 radical (unpaired) electrons. The second-order valence-corrected chi connectivity index (χ2v) is 7.00. The lowest BCUT2D eigenvalue weighted by Crippen LogP contribution is -2.23. The molecule has 0 aromatic rings. The number of carbonyl (C=O) groups is 1. The van der Waals surface area contributed by atoms with E-state index in [4.69, 9.17) is 5.11 Å². The van der Waals surface area contributed by atoms with Crippen LogP contribution in [-0.4, -0.2) is 11.1 Å². The molecule has 0 saturated heterocycles. The molecule has 0 aliphatic carbocycles. The highest BCUT2D eigenvalue weighted by Crippen LogP contribution is 2.37. The van der Waals surface area contributed by atoms with Crippen LogP contribution in [0.4, 0.5) is 0 Å². The number of hydrogen-bond donors (Lipinski definition) is 1. The highest BCUT2D eigenvalue weighted by molar-refractivity contribution is 5.66. The van der Waals surface area contributed by atoms with Gasteiger partial charge in [-0.05, 0) is 36.5 Å². The van der Waals surface area contributed by atoms with E-state index in [1.165, 1.54) is 32.1 Å². The van der Waals surface area contributed by atoms with Crippen LogP contribution in [-0.2, 0) is 4.79 Å². The van der Waals surface area contributed by atoms with Crippen LogP contribution in [0, 0.1) is 17.3 Å². The number of hydrogen-bond acceptors (Lipinski definition) is 1. The Balaban J connectivity index is 4.36. The summed E-state index contributed by atoms with van der Waals surface area (Å²) >= 11 is 0. The van der Waals surface area contributed by atoms with Crippen LogP contribution in [0.1, 0.15) is 86.0 Å². The Hall–Kier alpha value is -0.530. The quantitative estimate of drug-likeness (QED) is 0.568. The Morgan fingerprint density at radius 1 is 1.11 bits per heavy atom. The molecule has 2 heteroatoms. The second-order valence-electron chi connectivity index (χ2n) is 7.00. The summed E-state index contributed by atoms with van der Waals surface area (Å²) in [5.41, 5.74) is 0.290. The van der Waals surface area contributed by atoms with E-state index in [9.17, 15) is 4.79 Å². The highest BCUT2D eigenvalue weighted by atomic mass is 16.4. The summed E-state index contributed by atoms with van der Waals surface area (Å²) in [4.78, 5) is 10.7. The number of carboxylic acids is 1. The molecule has 0 aromatic carbocycles. The molecule has 0 bridgehead atoms. The first-order valence-electron chi connectivity index (χ1n) is 8.03. The molecule has 0 rings (SSSR count). The average Bonchev–Trinajstić information content (AvgIpc) is 2.30. The molecule has 0 heterocycles. The molecule has 114 valence electrons. The van der Waals surface area contributed by atoms with Gasteiger partial charge in [-0.3, -0.25) is 4.79 Å². The third-order valence-corrected chi connectivity index (χ3v) is 4.33. The van der Waals surface area contributed by atoms with Gasteiger partial charge in [-0.2, -0.15) is 0 Å². The molecule has 19 heavy (non-hydrogen) atoms. The van der Waals surface area contributed by atoms with Crippen LogP contribution in [0.25, 0.3) is 0 Å². The molecule has 2 unspecified atom stereocenters. The smallest absolute Gasteiger partial charge is 0.303 e. The zero-order chi connectivity index (χ0) is 14.9. The van der Waals surface area contributed by atoms with Gasteiger partial charge in [0.05, 0.1) is 0 Å². The normalized spacial score (nSPS) is 15.2. The molecule has 0 fully saturated rings. The van der Waals surface area contributed by atoms with Crippen molar-refractivity contribution in [3.8, 4) is 0 Å². The maximum atomic E-state index is 10.7. The summed E-state index contributed by atoms with van der Waals surface area (Å²) in [5, 5.41) is 8.77. The van der Waals surface area contributed by atoms with Crippen molar-refractivity contribution in [3.63, 3.8) is 0 Å². The predicted octanol–water partition coefficient (Wildman–Crippen LogP) is 5.51. The lowest BCUT2D eigenvalue weighted by atomic mass is 9.72. The van der Waals surface area contributed by atoms with E-state index >= 15 is 0 Å². The van der Waals surface area contributed by atoms with Gasteiger partial charge in [0.2, 0.25) is 0 Å². The minimum Gasteiger partial charge on any atom is -0.481 e. The fraction of sp³-hybridized carbons (Fsp3) is 0.941. The maximum absolute atomic E-state index is 10.7. The Kier molecular flexibility index (Phi) is 9.12. The van der Waals surface area contributed by atoms with Crippen LogP contribution < -0.4 is 0 Å². The Bertz CT molecular complexity index is 240. The van der Waals surface area contributed by atoms with Gasteiger partial charge in [-0.25, -0.2) is 0 Å². The summed E-state index contributed by atoms with van der Waals surface area (Å²) in [7, 11) is 0.